The molecule has 2 aromatic rings. The number of carboxylic acids is 1. The van der Waals surface area contributed by atoms with E-state index in [9.17, 15) is 50.8 Å². The summed E-state index contributed by atoms with van der Waals surface area (Å²) >= 11 is 0. The van der Waals surface area contributed by atoms with Crippen LogP contribution in [0.4, 0.5) is 0 Å². The van der Waals surface area contributed by atoms with Crippen LogP contribution in [0.1, 0.15) is 23.6 Å². The molecule has 1 heterocycles. The highest BCUT2D eigenvalue weighted by molar-refractivity contribution is 5.73. The highest BCUT2D eigenvalue weighted by Crippen LogP contribution is 2.40. The Kier molecular flexibility index (Phi) is 9.50. The second-order valence-corrected chi connectivity index (χ2v) is 8.69. The summed E-state index contributed by atoms with van der Waals surface area (Å²) in [5, 5.41) is 92.0. The van der Waals surface area contributed by atoms with Crippen molar-refractivity contribution in [2.45, 2.75) is 55.6 Å². The molecule has 0 saturated carbocycles. The quantitative estimate of drug-likeness (QED) is 0.164. The molecule has 0 amide bonds. The molecule has 0 aliphatic carbocycles. The lowest BCUT2D eigenvalue weighted by molar-refractivity contribution is -0.277. The summed E-state index contributed by atoms with van der Waals surface area (Å²) in [6, 6.07) is 5.85. The van der Waals surface area contributed by atoms with Crippen molar-refractivity contribution in [2.75, 3.05) is 13.2 Å². The Morgan fingerprint density at radius 3 is 2.24 bits per heavy atom. The van der Waals surface area contributed by atoms with Crippen LogP contribution in [0.15, 0.2) is 36.4 Å². The number of aryl methyl sites for hydroxylation is 1. The van der Waals surface area contributed by atoms with Crippen LogP contribution in [-0.4, -0.2) is 102 Å². The fraction of sp³-hybridized carbons (Fsp3) is 0.458. The maximum atomic E-state index is 11.6. The molecule has 1 aliphatic heterocycles. The van der Waals surface area contributed by atoms with Gasteiger partial charge in [0.2, 0.25) is 6.29 Å². The van der Waals surface area contributed by atoms with E-state index in [4.69, 9.17) is 9.47 Å². The first-order valence-electron chi connectivity index (χ1n) is 11.5. The van der Waals surface area contributed by atoms with E-state index in [2.05, 4.69) is 5.32 Å². The summed E-state index contributed by atoms with van der Waals surface area (Å²) in [6.07, 6.45) is -7.67. The first kappa shape index (κ1) is 28.4. The van der Waals surface area contributed by atoms with Gasteiger partial charge in [-0.1, -0.05) is 12.1 Å². The van der Waals surface area contributed by atoms with Gasteiger partial charge in [-0.05, 0) is 30.5 Å². The van der Waals surface area contributed by atoms with Crippen LogP contribution in [0.3, 0.4) is 0 Å². The predicted octanol–water partition coefficient (Wildman–Crippen LogP) is -1.31. The Bertz CT molecular complexity index is 1050. The minimum Gasteiger partial charge on any atom is -0.508 e. The zero-order valence-electron chi connectivity index (χ0n) is 19.6. The monoisotopic (exact) mass is 525 g/mol. The van der Waals surface area contributed by atoms with E-state index in [0.29, 0.717) is 6.42 Å². The van der Waals surface area contributed by atoms with Crippen LogP contribution in [0.25, 0.3) is 0 Å². The van der Waals surface area contributed by atoms with Crippen LogP contribution in [0.2, 0.25) is 0 Å². The summed E-state index contributed by atoms with van der Waals surface area (Å²) in [7, 11) is 0. The van der Waals surface area contributed by atoms with E-state index in [0.717, 1.165) is 17.7 Å². The van der Waals surface area contributed by atoms with E-state index in [1.165, 1.54) is 12.1 Å². The smallest absolute Gasteiger partial charge is 0.323 e. The summed E-state index contributed by atoms with van der Waals surface area (Å²) in [5.74, 6) is -2.53. The van der Waals surface area contributed by atoms with Gasteiger partial charge in [0.25, 0.3) is 0 Å². The molecule has 13 nitrogen and oxygen atoms in total. The number of benzene rings is 2. The Hall–Kier alpha value is -3.17. The Morgan fingerprint density at radius 2 is 1.65 bits per heavy atom. The topological polar surface area (TPSA) is 230 Å². The highest BCUT2D eigenvalue weighted by Gasteiger charge is 2.45. The minimum absolute atomic E-state index is 0.0479. The Morgan fingerprint density at radius 1 is 0.973 bits per heavy atom. The predicted molar refractivity (Wildman–Crippen MR) is 125 cm³/mol. The molecule has 3 rings (SSSR count). The lowest BCUT2D eigenvalue weighted by atomic mass is 9.95. The lowest BCUT2D eigenvalue weighted by Gasteiger charge is -2.40. The normalized spacial score (nSPS) is 25.4. The number of carbonyl (C=O) groups is 1. The molecular weight excluding hydrogens is 494 g/mol. The third kappa shape index (κ3) is 6.78. The van der Waals surface area contributed by atoms with Crippen molar-refractivity contribution in [2.24, 2.45) is 0 Å². The molecule has 2 aromatic carbocycles. The van der Waals surface area contributed by atoms with Crippen LogP contribution in [-0.2, 0) is 16.0 Å². The van der Waals surface area contributed by atoms with Crippen LogP contribution in [0.5, 0.6) is 23.0 Å². The molecule has 7 atom stereocenters. The number of phenolic OH excluding ortho intramolecular Hbond substituents is 3. The molecule has 204 valence electrons. The first-order valence-corrected chi connectivity index (χ1v) is 11.5. The Balaban J connectivity index is 1.97. The second kappa shape index (κ2) is 12.4. The number of aliphatic hydroxyl groups excluding tert-OH is 5. The number of ether oxygens (including phenoxy) is 2. The summed E-state index contributed by atoms with van der Waals surface area (Å²) in [5.41, 5.74) is 0.711. The molecular formula is C24H31NO12. The third-order valence-corrected chi connectivity index (χ3v) is 6.09. The number of rotatable bonds is 11. The molecule has 1 aliphatic rings. The third-order valence-electron chi connectivity index (χ3n) is 6.09. The summed E-state index contributed by atoms with van der Waals surface area (Å²) in [4.78, 5) is 11.6. The van der Waals surface area contributed by atoms with Crippen molar-refractivity contribution in [3.63, 3.8) is 0 Å². The van der Waals surface area contributed by atoms with Gasteiger partial charge in [-0.3, -0.25) is 10.1 Å². The zero-order chi connectivity index (χ0) is 27.3. The van der Waals surface area contributed by atoms with Gasteiger partial charge >= 0.3 is 5.97 Å². The molecule has 13 heteroatoms. The molecule has 37 heavy (non-hydrogen) atoms. The van der Waals surface area contributed by atoms with E-state index in [1.54, 1.807) is 12.1 Å². The number of carboxylic acid groups (broad SMARTS) is 1. The number of hydrogen-bond donors (Lipinski definition) is 10. The molecule has 0 spiro atoms. The van der Waals surface area contributed by atoms with Crippen LogP contribution >= 0.6 is 0 Å². The molecule has 1 fully saturated rings. The van der Waals surface area contributed by atoms with Crippen molar-refractivity contribution in [3.8, 4) is 23.0 Å². The SMILES string of the molecule is O=C(O)[C@H](CO)NC(CCc1ccc(O)cc1)c1c(O)cc(O)cc1O[C@@H]1O[C@H](CO)[C@@H](O)[C@H](O)[C@H]1O. The van der Waals surface area contributed by atoms with Crippen molar-refractivity contribution in [1.29, 1.82) is 0 Å². The van der Waals surface area contributed by atoms with Crippen LogP contribution < -0.4 is 10.1 Å². The van der Waals surface area contributed by atoms with Gasteiger partial charge in [-0.15, -0.1) is 0 Å². The van der Waals surface area contributed by atoms with Gasteiger partial charge in [0.05, 0.1) is 18.8 Å². The fourth-order valence-corrected chi connectivity index (χ4v) is 4.06. The van der Waals surface area contributed by atoms with Gasteiger partial charge in [-0.25, -0.2) is 0 Å². The molecule has 0 radical (unpaired) electrons. The van der Waals surface area contributed by atoms with Gasteiger partial charge in [0.1, 0.15) is 53.5 Å². The van der Waals surface area contributed by atoms with E-state index < -0.39 is 73.5 Å². The summed E-state index contributed by atoms with van der Waals surface area (Å²) < 4.78 is 11.0. The fourth-order valence-electron chi connectivity index (χ4n) is 4.06. The van der Waals surface area contributed by atoms with Crippen LogP contribution in [0, 0.1) is 0 Å². The van der Waals surface area contributed by atoms with Crippen molar-refractivity contribution >= 4 is 5.97 Å². The number of aliphatic carboxylic acids is 1. The average molecular weight is 526 g/mol. The van der Waals surface area contributed by atoms with Gasteiger partial charge < -0.3 is 55.4 Å². The average Bonchev–Trinajstić information content (AvgIpc) is 2.85. The van der Waals surface area contributed by atoms with Crippen molar-refractivity contribution in [3.05, 3.63) is 47.5 Å². The molecule has 10 N–H and O–H groups in total. The number of hydrogen-bond acceptors (Lipinski definition) is 12. The standard InChI is InChI=1S/C24H31NO12/c26-9-15(23(34)35)25-14(6-3-11-1-4-12(28)5-2-11)19-16(30)7-13(29)8-17(19)36-24-22(33)21(32)20(31)18(10-27)37-24/h1-2,4-5,7-8,14-15,18,20-22,24-33H,3,6,9-10H2,(H,34,35)/t14?,15-,18+,20+,21-,22+,24+/m0/s1. The molecule has 1 saturated heterocycles. The number of phenols is 3. The Labute approximate surface area is 211 Å². The summed E-state index contributed by atoms with van der Waals surface area (Å²) in [6.45, 7) is -1.50. The van der Waals surface area contributed by atoms with Gasteiger partial charge in [-0.2, -0.15) is 0 Å². The van der Waals surface area contributed by atoms with Gasteiger partial charge in [0, 0.05) is 18.2 Å². The van der Waals surface area contributed by atoms with E-state index >= 15 is 0 Å². The first-order chi connectivity index (χ1) is 17.5. The zero-order valence-corrected chi connectivity index (χ0v) is 19.6. The maximum absolute atomic E-state index is 11.6. The van der Waals surface area contributed by atoms with Crippen molar-refractivity contribution in [1.82, 2.24) is 5.32 Å². The highest BCUT2D eigenvalue weighted by atomic mass is 16.7. The van der Waals surface area contributed by atoms with Gasteiger partial charge in [0.15, 0.2) is 0 Å². The van der Waals surface area contributed by atoms with Crippen molar-refractivity contribution < 1.29 is 60.2 Å². The number of aliphatic hydroxyl groups is 5. The molecule has 0 bridgehead atoms. The lowest BCUT2D eigenvalue weighted by Crippen LogP contribution is -2.60. The second-order valence-electron chi connectivity index (χ2n) is 8.69. The number of aromatic hydroxyl groups is 3. The van der Waals surface area contributed by atoms with E-state index in [-0.39, 0.29) is 23.5 Å². The molecule has 1 unspecified atom stereocenters. The minimum atomic E-state index is -1.79. The van der Waals surface area contributed by atoms with E-state index in [1.807, 2.05) is 0 Å². The maximum Gasteiger partial charge on any atom is 0.323 e. The number of nitrogens with one attached hydrogen (secondary N) is 1. The molecule has 0 aromatic heterocycles. The largest absolute Gasteiger partial charge is 0.508 e.